The standard InChI is InChI=1S/C20H22ClN5/c1-12-5-3-8-17(13(12)2)24-20-18(14-6-4-7-16(21)9-14)25-19-15(10-22)11-23-26(19)20/h4,6-7,9,11-13,17,23-24H,3,5,8H2,1-2H3/t12-,13+,17+/m1/s1. The fourth-order valence-corrected chi connectivity index (χ4v) is 4.12. The molecular formula is C20H22ClN5. The number of halogens is 1. The maximum Gasteiger partial charge on any atom is 0.173 e. The molecule has 0 spiro atoms. The molecule has 6 heteroatoms. The first-order valence-corrected chi connectivity index (χ1v) is 9.48. The molecule has 5 nitrogen and oxygen atoms in total. The number of nitrogens with zero attached hydrogens (tertiary/aromatic N) is 3. The van der Waals surface area contributed by atoms with Crippen molar-refractivity contribution in [1.29, 1.82) is 5.26 Å². The molecule has 2 heterocycles. The van der Waals surface area contributed by atoms with Gasteiger partial charge in [-0.05, 0) is 30.4 Å². The van der Waals surface area contributed by atoms with Crippen LogP contribution < -0.4 is 5.32 Å². The molecule has 4 rings (SSSR count). The Bertz CT molecular complexity index is 980. The highest BCUT2D eigenvalue weighted by Crippen LogP contribution is 2.36. The molecule has 1 aliphatic rings. The smallest absolute Gasteiger partial charge is 0.173 e. The van der Waals surface area contributed by atoms with Gasteiger partial charge in [0.25, 0.3) is 0 Å². The van der Waals surface area contributed by atoms with E-state index >= 15 is 0 Å². The van der Waals surface area contributed by atoms with Crippen molar-refractivity contribution >= 4 is 23.1 Å². The first-order valence-electron chi connectivity index (χ1n) is 9.11. The van der Waals surface area contributed by atoms with Gasteiger partial charge in [0.1, 0.15) is 17.3 Å². The number of nitriles is 1. The summed E-state index contributed by atoms with van der Waals surface area (Å²) in [6, 6.07) is 10.3. The Morgan fingerprint density at radius 3 is 2.96 bits per heavy atom. The number of fused-ring (bicyclic) bond motifs is 1. The first kappa shape index (κ1) is 17.0. The molecule has 0 unspecified atom stereocenters. The Hall–Kier alpha value is -2.45. The maximum atomic E-state index is 9.37. The molecule has 0 bridgehead atoms. The van der Waals surface area contributed by atoms with Gasteiger partial charge < -0.3 is 5.32 Å². The fourth-order valence-electron chi connectivity index (χ4n) is 3.93. The van der Waals surface area contributed by atoms with E-state index in [-0.39, 0.29) is 0 Å². The summed E-state index contributed by atoms with van der Waals surface area (Å²) in [5.74, 6) is 2.17. The SMILES string of the molecule is C[C@H]1[C@H](C)CCC[C@@H]1Nc1c(-c2cccc(Cl)c2)nc2c(C#N)c[nH]n12. The van der Waals surface area contributed by atoms with Crippen LogP contribution in [-0.4, -0.2) is 20.6 Å². The normalized spacial score (nSPS) is 23.1. The molecule has 1 saturated carbocycles. The van der Waals surface area contributed by atoms with Gasteiger partial charge in [-0.2, -0.15) is 5.26 Å². The number of hydrogen-bond donors (Lipinski definition) is 2. The summed E-state index contributed by atoms with van der Waals surface area (Å²) in [6.07, 6.45) is 5.34. The van der Waals surface area contributed by atoms with Crippen molar-refractivity contribution in [3.05, 3.63) is 41.0 Å². The lowest BCUT2D eigenvalue weighted by Crippen LogP contribution is -2.35. The van der Waals surface area contributed by atoms with Gasteiger partial charge in [0.2, 0.25) is 0 Å². The molecule has 2 aromatic heterocycles. The van der Waals surface area contributed by atoms with Crippen LogP contribution in [0.1, 0.15) is 38.7 Å². The Labute approximate surface area is 158 Å². The van der Waals surface area contributed by atoms with Crippen LogP contribution in [0.3, 0.4) is 0 Å². The molecule has 1 fully saturated rings. The molecule has 26 heavy (non-hydrogen) atoms. The van der Waals surface area contributed by atoms with Gasteiger partial charge in [0.15, 0.2) is 11.5 Å². The Kier molecular flexibility index (Phi) is 4.37. The molecule has 0 amide bonds. The van der Waals surface area contributed by atoms with Gasteiger partial charge in [-0.25, -0.2) is 9.50 Å². The number of imidazole rings is 1. The van der Waals surface area contributed by atoms with E-state index in [0.29, 0.717) is 34.1 Å². The van der Waals surface area contributed by atoms with Crippen LogP contribution in [0.4, 0.5) is 5.82 Å². The lowest BCUT2D eigenvalue weighted by atomic mass is 9.78. The van der Waals surface area contributed by atoms with Crippen molar-refractivity contribution in [1.82, 2.24) is 14.6 Å². The van der Waals surface area contributed by atoms with E-state index in [1.165, 1.54) is 12.8 Å². The highest BCUT2D eigenvalue weighted by molar-refractivity contribution is 6.30. The third-order valence-corrected chi connectivity index (χ3v) is 5.94. The van der Waals surface area contributed by atoms with Crippen LogP contribution >= 0.6 is 11.6 Å². The largest absolute Gasteiger partial charge is 0.365 e. The number of aromatic nitrogens is 3. The first-order chi connectivity index (χ1) is 12.6. The molecule has 1 aliphatic carbocycles. The molecule has 2 N–H and O–H groups in total. The average Bonchev–Trinajstić information content (AvgIpc) is 3.18. The number of hydrogen-bond acceptors (Lipinski definition) is 3. The second-order valence-electron chi connectivity index (χ2n) is 7.30. The summed E-state index contributed by atoms with van der Waals surface area (Å²) < 4.78 is 1.88. The minimum absolute atomic E-state index is 0.380. The van der Waals surface area contributed by atoms with Crippen molar-refractivity contribution in [3.8, 4) is 17.3 Å². The van der Waals surface area contributed by atoms with E-state index in [0.717, 1.165) is 23.5 Å². The van der Waals surface area contributed by atoms with Crippen molar-refractivity contribution < 1.29 is 0 Å². The summed E-state index contributed by atoms with van der Waals surface area (Å²) >= 11 is 6.20. The summed E-state index contributed by atoms with van der Waals surface area (Å²) in [7, 11) is 0. The summed E-state index contributed by atoms with van der Waals surface area (Å²) in [5, 5.41) is 16.9. The lowest BCUT2D eigenvalue weighted by Gasteiger charge is -2.35. The molecule has 0 aliphatic heterocycles. The van der Waals surface area contributed by atoms with Gasteiger partial charge in [-0.1, -0.05) is 50.4 Å². The summed E-state index contributed by atoms with van der Waals surface area (Å²) in [5.41, 5.74) is 2.94. The van der Waals surface area contributed by atoms with Crippen LogP contribution in [-0.2, 0) is 0 Å². The van der Waals surface area contributed by atoms with Gasteiger partial charge in [0, 0.05) is 22.8 Å². The van der Waals surface area contributed by atoms with E-state index in [1.54, 1.807) is 6.20 Å². The van der Waals surface area contributed by atoms with E-state index in [9.17, 15) is 5.26 Å². The van der Waals surface area contributed by atoms with Crippen LogP contribution in [0.2, 0.25) is 5.02 Å². The van der Waals surface area contributed by atoms with E-state index in [4.69, 9.17) is 16.6 Å². The Morgan fingerprint density at radius 2 is 2.19 bits per heavy atom. The number of anilines is 1. The zero-order chi connectivity index (χ0) is 18.3. The maximum absolute atomic E-state index is 9.37. The van der Waals surface area contributed by atoms with Crippen LogP contribution in [0.15, 0.2) is 30.5 Å². The monoisotopic (exact) mass is 367 g/mol. The van der Waals surface area contributed by atoms with E-state index in [2.05, 4.69) is 30.3 Å². The predicted octanol–water partition coefficient (Wildman–Crippen LogP) is 5.09. The molecule has 0 saturated heterocycles. The second-order valence-corrected chi connectivity index (χ2v) is 7.73. The number of nitrogens with one attached hydrogen (secondary N) is 2. The van der Waals surface area contributed by atoms with Gasteiger partial charge in [0.05, 0.1) is 0 Å². The van der Waals surface area contributed by atoms with Crippen molar-refractivity contribution in [2.24, 2.45) is 11.8 Å². The Morgan fingerprint density at radius 1 is 1.35 bits per heavy atom. The van der Waals surface area contributed by atoms with Crippen molar-refractivity contribution in [2.45, 2.75) is 39.2 Å². The zero-order valence-corrected chi connectivity index (χ0v) is 15.7. The fraction of sp³-hybridized carbons (Fsp3) is 0.400. The second kappa shape index (κ2) is 6.69. The highest BCUT2D eigenvalue weighted by Gasteiger charge is 2.29. The van der Waals surface area contributed by atoms with Crippen LogP contribution in [0, 0.1) is 23.2 Å². The highest BCUT2D eigenvalue weighted by atomic mass is 35.5. The molecular weight excluding hydrogens is 346 g/mol. The quantitative estimate of drug-likeness (QED) is 0.677. The third kappa shape index (κ3) is 2.85. The van der Waals surface area contributed by atoms with Crippen LogP contribution in [0.5, 0.6) is 0 Å². The summed E-state index contributed by atoms with van der Waals surface area (Å²) in [6.45, 7) is 4.64. The van der Waals surface area contributed by atoms with Crippen molar-refractivity contribution in [3.63, 3.8) is 0 Å². The minimum atomic E-state index is 0.380. The Balaban J connectivity index is 1.82. The number of H-pyrrole nitrogens is 1. The molecule has 3 aromatic rings. The summed E-state index contributed by atoms with van der Waals surface area (Å²) in [4.78, 5) is 4.75. The van der Waals surface area contributed by atoms with Crippen molar-refractivity contribution in [2.75, 3.05) is 5.32 Å². The molecule has 3 atom stereocenters. The average molecular weight is 368 g/mol. The van der Waals surface area contributed by atoms with Gasteiger partial charge in [-0.15, -0.1) is 0 Å². The van der Waals surface area contributed by atoms with Crippen LogP contribution in [0.25, 0.3) is 16.9 Å². The predicted molar refractivity (Wildman–Crippen MR) is 104 cm³/mol. The third-order valence-electron chi connectivity index (χ3n) is 5.70. The topological polar surface area (TPSA) is 68.9 Å². The minimum Gasteiger partial charge on any atom is -0.365 e. The molecule has 0 radical (unpaired) electrons. The number of benzene rings is 1. The molecule has 134 valence electrons. The molecule has 1 aromatic carbocycles. The van der Waals surface area contributed by atoms with E-state index < -0.39 is 0 Å². The number of aromatic amines is 1. The van der Waals surface area contributed by atoms with E-state index in [1.807, 2.05) is 28.8 Å². The van der Waals surface area contributed by atoms with Gasteiger partial charge >= 0.3 is 0 Å². The zero-order valence-electron chi connectivity index (χ0n) is 15.0. The lowest BCUT2D eigenvalue weighted by molar-refractivity contribution is 0.252. The van der Waals surface area contributed by atoms with Gasteiger partial charge in [-0.3, -0.25) is 5.10 Å². The number of rotatable bonds is 3.